The molecule has 0 aliphatic heterocycles. The van der Waals surface area contributed by atoms with Gasteiger partial charge >= 0.3 is 19.8 Å². The van der Waals surface area contributed by atoms with Gasteiger partial charge in [-0.2, -0.15) is 0 Å². The zero-order valence-electron chi connectivity index (χ0n) is 31.9. The van der Waals surface area contributed by atoms with E-state index in [1.54, 1.807) is 0 Å². The van der Waals surface area contributed by atoms with Crippen LogP contribution in [0.5, 0.6) is 0 Å². The largest absolute Gasteiger partial charge is 0.472 e. The lowest BCUT2D eigenvalue weighted by molar-refractivity contribution is -0.161. The summed E-state index contributed by atoms with van der Waals surface area (Å²) >= 11 is 0. The highest BCUT2D eigenvalue weighted by Crippen LogP contribution is 2.42. The van der Waals surface area contributed by atoms with E-state index in [9.17, 15) is 19.0 Å². The molecule has 49 heavy (non-hydrogen) atoms. The molecule has 0 radical (unpaired) electrons. The van der Waals surface area contributed by atoms with E-state index in [0.29, 0.717) is 12.8 Å². The first-order valence-electron chi connectivity index (χ1n) is 20.0. The molecule has 0 spiro atoms. The van der Waals surface area contributed by atoms with E-state index < -0.39 is 26.5 Å². The van der Waals surface area contributed by atoms with Crippen LogP contribution in [-0.2, 0) is 32.7 Å². The topological polar surface area (TPSA) is 108 Å². The Hall–Kier alpha value is -1.47. The molecule has 0 fully saturated rings. The summed E-state index contributed by atoms with van der Waals surface area (Å²) in [7, 11) is -3.20. The van der Waals surface area contributed by atoms with Crippen LogP contribution in [0.3, 0.4) is 0 Å². The summed E-state index contributed by atoms with van der Waals surface area (Å²) in [6.45, 7) is 3.85. The van der Waals surface area contributed by atoms with Crippen molar-refractivity contribution < 1.29 is 37.6 Å². The van der Waals surface area contributed by atoms with Gasteiger partial charge in [0.1, 0.15) is 6.61 Å². The van der Waals surface area contributed by atoms with Crippen LogP contribution < -0.4 is 0 Å². The van der Waals surface area contributed by atoms with Crippen LogP contribution in [-0.4, -0.2) is 43.3 Å². The lowest BCUT2D eigenvalue weighted by Crippen LogP contribution is -2.29. The molecular weight excluding hydrogens is 639 g/mol. The lowest BCUT2D eigenvalue weighted by Gasteiger charge is -2.19. The molecule has 9 heteroatoms. The van der Waals surface area contributed by atoms with Gasteiger partial charge in [-0.25, -0.2) is 4.57 Å². The highest BCUT2D eigenvalue weighted by atomic mass is 31.2. The molecule has 0 amide bonds. The molecule has 0 aromatic rings. The van der Waals surface area contributed by atoms with Gasteiger partial charge in [-0.05, 0) is 44.9 Å². The minimum atomic E-state index is -4.26. The number of carbonyl (C=O) groups excluding carboxylic acids is 2. The number of unbranched alkanes of at least 4 members (excludes halogenated alkanes) is 22. The first-order chi connectivity index (χ1) is 23.8. The number of hydrogen-bond donors (Lipinski definition) is 1. The normalized spacial score (nSPS) is 13.6. The number of esters is 2. The molecule has 1 N–H and O–H groups in total. The highest BCUT2D eigenvalue weighted by molar-refractivity contribution is 7.47. The Morgan fingerprint density at radius 2 is 0.980 bits per heavy atom. The van der Waals surface area contributed by atoms with Crippen LogP contribution >= 0.6 is 7.82 Å². The van der Waals surface area contributed by atoms with Crippen molar-refractivity contribution in [3.63, 3.8) is 0 Å². The fourth-order valence-electron chi connectivity index (χ4n) is 5.57. The Morgan fingerprint density at radius 1 is 0.571 bits per heavy atom. The molecule has 288 valence electrons. The van der Waals surface area contributed by atoms with Crippen LogP contribution in [0.4, 0.5) is 0 Å². The summed E-state index contributed by atoms with van der Waals surface area (Å²) < 4.78 is 31.9. The van der Waals surface area contributed by atoms with Gasteiger partial charge in [0.15, 0.2) is 6.10 Å². The molecule has 0 rings (SSSR count). The van der Waals surface area contributed by atoms with Crippen molar-refractivity contribution in [3.05, 3.63) is 24.3 Å². The van der Waals surface area contributed by atoms with Crippen molar-refractivity contribution in [2.75, 3.05) is 20.3 Å². The van der Waals surface area contributed by atoms with Crippen LogP contribution in [0.15, 0.2) is 24.3 Å². The highest BCUT2D eigenvalue weighted by Gasteiger charge is 2.24. The predicted molar refractivity (Wildman–Crippen MR) is 203 cm³/mol. The number of rotatable bonds is 37. The van der Waals surface area contributed by atoms with Crippen molar-refractivity contribution >= 4 is 19.8 Å². The molecule has 0 aliphatic rings. The number of hydrogen-bond acceptors (Lipinski definition) is 7. The summed E-state index contributed by atoms with van der Waals surface area (Å²) in [4.78, 5) is 34.4. The molecular formula is C40H75O8P. The number of phosphoric acid groups is 1. The van der Waals surface area contributed by atoms with Gasteiger partial charge in [-0.1, -0.05) is 160 Å². The van der Waals surface area contributed by atoms with Gasteiger partial charge in [0.25, 0.3) is 0 Å². The van der Waals surface area contributed by atoms with Crippen LogP contribution in [0.2, 0.25) is 0 Å². The molecule has 2 unspecified atom stereocenters. The first kappa shape index (κ1) is 47.5. The molecule has 0 bridgehead atoms. The van der Waals surface area contributed by atoms with Crippen molar-refractivity contribution in [1.82, 2.24) is 0 Å². The van der Waals surface area contributed by atoms with Gasteiger partial charge in [-0.15, -0.1) is 0 Å². The third-order valence-electron chi connectivity index (χ3n) is 8.70. The predicted octanol–water partition coefficient (Wildman–Crippen LogP) is 12.3. The number of allylic oxidation sites excluding steroid dienone is 4. The van der Waals surface area contributed by atoms with Crippen LogP contribution in [0, 0.1) is 0 Å². The van der Waals surface area contributed by atoms with Gasteiger partial charge in [0.05, 0.1) is 6.61 Å². The average molecular weight is 715 g/mol. The number of phosphoric ester groups is 1. The van der Waals surface area contributed by atoms with Gasteiger partial charge in [-0.3, -0.25) is 18.6 Å². The smallest absolute Gasteiger partial charge is 0.462 e. The molecule has 0 heterocycles. The Balaban J connectivity index is 4.04. The van der Waals surface area contributed by atoms with Gasteiger partial charge in [0, 0.05) is 20.0 Å². The summed E-state index contributed by atoms with van der Waals surface area (Å²) in [6.07, 6.45) is 39.4. The number of ether oxygens (including phenoxy) is 2. The summed E-state index contributed by atoms with van der Waals surface area (Å²) in [5.74, 6) is -0.814. The fourth-order valence-corrected chi connectivity index (χ4v) is 6.03. The van der Waals surface area contributed by atoms with E-state index in [1.165, 1.54) is 103 Å². The summed E-state index contributed by atoms with van der Waals surface area (Å²) in [5, 5.41) is 0. The SMILES string of the molecule is CCCCC/C=C\C/C=C\CCCCCCCC(=O)OC(COC(=O)CCCCCCCCCCCCCCCCC)COP(=O)(O)OC. The molecule has 0 saturated carbocycles. The van der Waals surface area contributed by atoms with Crippen molar-refractivity contribution in [2.45, 2.75) is 200 Å². The molecule has 8 nitrogen and oxygen atoms in total. The standard InChI is InChI=1S/C40H75O8P/c1-4-6-8-10-12-14-16-18-20-22-24-26-28-30-32-34-39(41)46-36-38(37-47-49(43,44)45-3)48-40(42)35-33-31-29-27-25-23-21-19-17-15-13-11-9-7-5-2/h13,15,19,21,38H,4-12,14,16-18,20,22-37H2,1-3H3,(H,43,44)/b15-13-,21-19-. The van der Waals surface area contributed by atoms with Crippen molar-refractivity contribution in [1.29, 1.82) is 0 Å². The Morgan fingerprint density at radius 3 is 1.47 bits per heavy atom. The molecule has 0 aromatic carbocycles. The average Bonchev–Trinajstić information content (AvgIpc) is 3.09. The lowest BCUT2D eigenvalue weighted by atomic mass is 10.0. The van der Waals surface area contributed by atoms with Crippen molar-refractivity contribution in [2.24, 2.45) is 0 Å². The van der Waals surface area contributed by atoms with E-state index in [0.717, 1.165) is 64.9 Å². The van der Waals surface area contributed by atoms with E-state index in [1.807, 2.05) is 0 Å². The van der Waals surface area contributed by atoms with E-state index in [2.05, 4.69) is 42.7 Å². The minimum Gasteiger partial charge on any atom is -0.462 e. The van der Waals surface area contributed by atoms with E-state index in [4.69, 9.17) is 14.0 Å². The zero-order chi connectivity index (χ0) is 36.1. The summed E-state index contributed by atoms with van der Waals surface area (Å²) in [6, 6.07) is 0. The second-order valence-electron chi connectivity index (χ2n) is 13.4. The van der Waals surface area contributed by atoms with E-state index in [-0.39, 0.29) is 19.0 Å². The maximum absolute atomic E-state index is 12.5. The Bertz CT molecular complexity index is 859. The Labute approximate surface area is 301 Å². The fraction of sp³-hybridized carbons (Fsp3) is 0.850. The molecule has 0 saturated heterocycles. The number of carbonyl (C=O) groups is 2. The van der Waals surface area contributed by atoms with Crippen LogP contribution in [0.25, 0.3) is 0 Å². The van der Waals surface area contributed by atoms with E-state index >= 15 is 0 Å². The maximum atomic E-state index is 12.5. The van der Waals surface area contributed by atoms with Crippen molar-refractivity contribution in [3.8, 4) is 0 Å². The molecule has 0 aliphatic carbocycles. The quantitative estimate of drug-likeness (QED) is 0.0293. The second-order valence-corrected chi connectivity index (χ2v) is 15.0. The monoisotopic (exact) mass is 715 g/mol. The second kappa shape index (κ2) is 36.3. The van der Waals surface area contributed by atoms with Crippen LogP contribution in [0.1, 0.15) is 194 Å². The molecule has 0 aromatic heterocycles. The maximum Gasteiger partial charge on any atom is 0.472 e. The third-order valence-corrected chi connectivity index (χ3v) is 9.64. The third kappa shape index (κ3) is 36.1. The van der Waals surface area contributed by atoms with Gasteiger partial charge < -0.3 is 14.4 Å². The first-order valence-corrected chi connectivity index (χ1v) is 21.5. The zero-order valence-corrected chi connectivity index (χ0v) is 32.7. The van der Waals surface area contributed by atoms with Gasteiger partial charge in [0.2, 0.25) is 0 Å². The Kier molecular flexibility index (Phi) is 35.2. The minimum absolute atomic E-state index is 0.227. The molecule has 2 atom stereocenters. The summed E-state index contributed by atoms with van der Waals surface area (Å²) in [5.41, 5.74) is 0.